The van der Waals surface area contributed by atoms with Gasteiger partial charge in [-0.25, -0.2) is 0 Å². The van der Waals surface area contributed by atoms with E-state index in [0.717, 1.165) is 17.2 Å². The largest absolute Gasteiger partial charge is 0.491 e. The van der Waals surface area contributed by atoms with Crippen molar-refractivity contribution in [3.05, 3.63) is 28.8 Å². The van der Waals surface area contributed by atoms with Crippen LogP contribution in [-0.4, -0.2) is 39.4 Å². The molecule has 100 valence electrons. The van der Waals surface area contributed by atoms with Crippen LogP contribution >= 0.6 is 11.6 Å². The summed E-state index contributed by atoms with van der Waals surface area (Å²) in [5.41, 5.74) is 0.966. The Hall–Kier alpha value is -1.33. The average molecular weight is 296 g/mol. The zero-order valence-electron chi connectivity index (χ0n) is 10.4. The normalized spacial score (nSPS) is 14.3. The van der Waals surface area contributed by atoms with Crippen LogP contribution in [0, 0.1) is 0 Å². The van der Waals surface area contributed by atoms with Gasteiger partial charge in [-0.1, -0.05) is 17.7 Å². The van der Waals surface area contributed by atoms with Gasteiger partial charge in [-0.05, 0) is 18.2 Å². The smallest absolute Gasteiger partial charge is 0.222 e. The number of halogens is 1. The van der Waals surface area contributed by atoms with Crippen LogP contribution in [0.5, 0.6) is 5.75 Å². The fraction of sp³-hybridized carbons (Fsp3) is 0.385. The molecule has 0 saturated carbocycles. The van der Waals surface area contributed by atoms with Gasteiger partial charge in [-0.3, -0.25) is 4.79 Å². The van der Waals surface area contributed by atoms with Gasteiger partial charge in [-0.15, -0.1) is 0 Å². The molecule has 1 aliphatic heterocycles. The summed E-state index contributed by atoms with van der Waals surface area (Å²) < 4.78 is 5.60. The molecule has 2 radical (unpaired) electrons. The van der Waals surface area contributed by atoms with Crippen LogP contribution in [0.3, 0.4) is 0 Å². The number of benzene rings is 1. The van der Waals surface area contributed by atoms with Gasteiger partial charge in [0.2, 0.25) is 5.91 Å². The van der Waals surface area contributed by atoms with Crippen LogP contribution in [0.25, 0.3) is 0 Å². The third-order valence-corrected chi connectivity index (χ3v) is 3.87. The van der Waals surface area contributed by atoms with E-state index >= 15 is 0 Å². The van der Waals surface area contributed by atoms with Gasteiger partial charge in [0.25, 0.3) is 0 Å². The minimum Gasteiger partial charge on any atom is -0.491 e. The maximum atomic E-state index is 12.0. The molecule has 0 saturated heterocycles. The van der Waals surface area contributed by atoms with E-state index in [2.05, 4.69) is 0 Å². The second kappa shape index (κ2) is 6.72. The van der Waals surface area contributed by atoms with Crippen LogP contribution in [-0.2, 0) is 16.1 Å². The summed E-state index contributed by atoms with van der Waals surface area (Å²) in [6.45, 7) is 1.57. The summed E-state index contributed by atoms with van der Waals surface area (Å²) in [6.07, 6.45) is 0.417. The van der Waals surface area contributed by atoms with E-state index < -0.39 is 0 Å². The summed E-state index contributed by atoms with van der Waals surface area (Å²) in [6, 6.07) is 6.09. The first-order valence-electron chi connectivity index (χ1n) is 6.07. The first-order chi connectivity index (χ1) is 9.20. The van der Waals surface area contributed by atoms with Crippen LogP contribution in [0.1, 0.15) is 12.0 Å². The highest BCUT2D eigenvalue weighted by molar-refractivity contribution is 6.66. The molecule has 1 aliphatic rings. The van der Waals surface area contributed by atoms with Crippen LogP contribution in [0.15, 0.2) is 18.2 Å². The number of hydrogen-bond acceptors (Lipinski definition) is 3. The molecule has 6 heteroatoms. The predicted molar refractivity (Wildman–Crippen MR) is 74.3 cm³/mol. The topological polar surface area (TPSA) is 46.6 Å². The van der Waals surface area contributed by atoms with Gasteiger partial charge < -0.3 is 14.4 Å². The Bertz CT molecular complexity index is 481. The van der Waals surface area contributed by atoms with Crippen LogP contribution in [0.4, 0.5) is 0 Å². The van der Waals surface area contributed by atoms with Gasteiger partial charge in [0.1, 0.15) is 21.9 Å². The number of fused-ring (bicyclic) bond motifs is 1. The Labute approximate surface area is 119 Å². The Balaban J connectivity index is 2.03. The summed E-state index contributed by atoms with van der Waals surface area (Å²) in [7, 11) is 0.205. The molecular formula is C13H14ClNO3Si. The van der Waals surface area contributed by atoms with Gasteiger partial charge >= 0.3 is 0 Å². The van der Waals surface area contributed by atoms with E-state index in [4.69, 9.17) is 16.3 Å². The van der Waals surface area contributed by atoms with Crippen LogP contribution in [0.2, 0.25) is 11.1 Å². The minimum atomic E-state index is 0.0701. The van der Waals surface area contributed by atoms with Crippen molar-refractivity contribution in [2.45, 2.75) is 19.0 Å². The number of nitrogens with zero attached hydrogens (tertiary/aromatic N) is 1. The lowest BCUT2D eigenvalue weighted by Crippen LogP contribution is -2.32. The molecular weight excluding hydrogens is 282 g/mol. The first kappa shape index (κ1) is 14.1. The molecule has 0 aliphatic carbocycles. The molecule has 1 aromatic carbocycles. The molecule has 1 aromatic rings. The Morgan fingerprint density at radius 1 is 1.53 bits per heavy atom. The number of rotatable bonds is 4. The lowest BCUT2D eigenvalue weighted by Gasteiger charge is -2.19. The van der Waals surface area contributed by atoms with E-state index in [1.54, 1.807) is 17.0 Å². The lowest BCUT2D eigenvalue weighted by atomic mass is 10.2. The van der Waals surface area contributed by atoms with Crippen molar-refractivity contribution in [3.8, 4) is 5.75 Å². The predicted octanol–water partition coefficient (Wildman–Crippen LogP) is 1.76. The second-order valence-electron chi connectivity index (χ2n) is 4.24. The van der Waals surface area contributed by atoms with Crippen molar-refractivity contribution in [1.82, 2.24) is 4.90 Å². The van der Waals surface area contributed by atoms with Crippen LogP contribution < -0.4 is 4.74 Å². The van der Waals surface area contributed by atoms with E-state index in [-0.39, 0.29) is 15.4 Å². The van der Waals surface area contributed by atoms with Gasteiger partial charge in [0.15, 0.2) is 0 Å². The quantitative estimate of drug-likeness (QED) is 0.483. The fourth-order valence-electron chi connectivity index (χ4n) is 1.95. The standard InChI is InChI=1S/C13H14ClNO3Si/c14-11-2-1-10-8-15(4-5-18-12(10)7-11)13(17)3-6-19-9-16/h1-2,7,9H,3-6,8H2. The van der Waals surface area contributed by atoms with Crippen molar-refractivity contribution in [2.24, 2.45) is 0 Å². The fourth-order valence-corrected chi connectivity index (χ4v) is 2.59. The Morgan fingerprint density at radius 2 is 2.37 bits per heavy atom. The van der Waals surface area contributed by atoms with E-state index in [1.807, 2.05) is 6.07 Å². The summed E-state index contributed by atoms with van der Waals surface area (Å²) in [5.74, 6) is 1.69. The highest BCUT2D eigenvalue weighted by Crippen LogP contribution is 2.26. The summed E-state index contributed by atoms with van der Waals surface area (Å²) in [4.78, 5) is 24.1. The molecule has 1 amide bonds. The molecule has 0 fully saturated rings. The van der Waals surface area contributed by atoms with Crippen molar-refractivity contribution in [3.63, 3.8) is 0 Å². The maximum Gasteiger partial charge on any atom is 0.222 e. The molecule has 0 aromatic heterocycles. The minimum absolute atomic E-state index is 0.0701. The molecule has 0 atom stereocenters. The van der Waals surface area contributed by atoms with Crippen molar-refractivity contribution < 1.29 is 14.3 Å². The van der Waals surface area contributed by atoms with E-state index in [9.17, 15) is 9.59 Å². The summed E-state index contributed by atoms with van der Waals surface area (Å²) >= 11 is 5.92. The number of carbonyl (C=O) groups excluding carboxylic acids is 2. The molecule has 1 heterocycles. The van der Waals surface area contributed by atoms with Gasteiger partial charge in [-0.2, -0.15) is 0 Å². The number of hydrogen-bond donors (Lipinski definition) is 0. The second-order valence-corrected chi connectivity index (χ2v) is 5.82. The van der Waals surface area contributed by atoms with Crippen molar-refractivity contribution >= 4 is 32.9 Å². The molecule has 0 N–H and O–H groups in total. The monoisotopic (exact) mass is 295 g/mol. The van der Waals surface area contributed by atoms with Crippen molar-refractivity contribution in [2.75, 3.05) is 13.2 Å². The summed E-state index contributed by atoms with van der Waals surface area (Å²) in [5, 5.41) is 0.630. The third-order valence-electron chi connectivity index (χ3n) is 2.93. The highest BCUT2D eigenvalue weighted by atomic mass is 35.5. The Morgan fingerprint density at radius 3 is 3.16 bits per heavy atom. The number of amides is 1. The molecule has 19 heavy (non-hydrogen) atoms. The number of carbonyl (C=O) groups is 2. The van der Waals surface area contributed by atoms with Crippen molar-refractivity contribution in [1.29, 1.82) is 0 Å². The highest BCUT2D eigenvalue weighted by Gasteiger charge is 2.19. The Kier molecular flexibility index (Phi) is 4.98. The van der Waals surface area contributed by atoms with Gasteiger partial charge in [0, 0.05) is 23.6 Å². The molecule has 0 bridgehead atoms. The average Bonchev–Trinajstić information content (AvgIpc) is 2.60. The molecule has 2 rings (SSSR count). The molecule has 0 unspecified atom stereocenters. The first-order valence-corrected chi connectivity index (χ1v) is 7.73. The molecule has 4 nitrogen and oxygen atoms in total. The lowest BCUT2D eigenvalue weighted by molar-refractivity contribution is -0.131. The zero-order chi connectivity index (χ0) is 13.7. The molecule has 0 spiro atoms. The van der Waals surface area contributed by atoms with Gasteiger partial charge in [0.05, 0.1) is 12.5 Å². The number of ether oxygens (including phenoxy) is 1. The third kappa shape index (κ3) is 3.81. The van der Waals surface area contributed by atoms with E-state index in [1.165, 1.54) is 0 Å². The SMILES string of the molecule is O=C[Si]CCC(=O)N1CCOc2cc(Cl)ccc2C1. The van der Waals surface area contributed by atoms with E-state index in [0.29, 0.717) is 37.2 Å². The zero-order valence-corrected chi connectivity index (χ0v) is 12.2. The maximum absolute atomic E-state index is 12.0.